The Morgan fingerprint density at radius 2 is 2.00 bits per heavy atom. The molecule has 1 atom stereocenters. The van der Waals surface area contributed by atoms with Crippen LogP contribution in [0.2, 0.25) is 0 Å². The SMILES string of the molecule is CN[C@@H](CCCCNCc1ccccc1)C(=O)O. The van der Waals surface area contributed by atoms with Gasteiger partial charge in [-0.3, -0.25) is 4.79 Å². The lowest BCUT2D eigenvalue weighted by Gasteiger charge is -2.10. The lowest BCUT2D eigenvalue weighted by molar-refractivity contribution is -0.139. The molecule has 0 saturated carbocycles. The molecular weight excluding hydrogens is 228 g/mol. The Bertz CT molecular complexity index is 341. The number of rotatable bonds is 9. The van der Waals surface area contributed by atoms with Crippen molar-refractivity contribution in [2.24, 2.45) is 0 Å². The first kappa shape index (κ1) is 14.7. The molecule has 0 radical (unpaired) electrons. The van der Waals surface area contributed by atoms with E-state index in [1.165, 1.54) is 5.56 Å². The maximum absolute atomic E-state index is 10.8. The number of likely N-dealkylation sites (N-methyl/N-ethyl adjacent to an activating group) is 1. The fourth-order valence-corrected chi connectivity index (χ4v) is 1.82. The normalized spacial score (nSPS) is 12.3. The molecule has 0 aromatic heterocycles. The Morgan fingerprint density at radius 1 is 1.28 bits per heavy atom. The number of unbranched alkanes of at least 4 members (excludes halogenated alkanes) is 1. The van der Waals surface area contributed by atoms with E-state index in [-0.39, 0.29) is 0 Å². The van der Waals surface area contributed by atoms with Gasteiger partial charge in [0.2, 0.25) is 0 Å². The lowest BCUT2D eigenvalue weighted by Crippen LogP contribution is -2.33. The maximum Gasteiger partial charge on any atom is 0.320 e. The highest BCUT2D eigenvalue weighted by Gasteiger charge is 2.13. The molecular formula is C14H22N2O2. The van der Waals surface area contributed by atoms with Crippen molar-refractivity contribution in [1.29, 1.82) is 0 Å². The first-order chi connectivity index (χ1) is 8.74. The third-order valence-electron chi connectivity index (χ3n) is 2.91. The number of carboxylic acid groups (broad SMARTS) is 1. The van der Waals surface area contributed by atoms with Crippen LogP contribution in [0.5, 0.6) is 0 Å². The van der Waals surface area contributed by atoms with Crippen molar-refractivity contribution >= 4 is 5.97 Å². The van der Waals surface area contributed by atoms with E-state index in [1.807, 2.05) is 18.2 Å². The van der Waals surface area contributed by atoms with E-state index in [0.717, 1.165) is 25.9 Å². The standard InChI is InChI=1S/C14H22N2O2/c1-15-13(14(17)18)9-5-6-10-16-11-12-7-3-2-4-8-12/h2-4,7-8,13,15-16H,5-6,9-11H2,1H3,(H,17,18)/t13-/m0/s1. The van der Waals surface area contributed by atoms with Crippen LogP contribution in [0.1, 0.15) is 24.8 Å². The summed E-state index contributed by atoms with van der Waals surface area (Å²) in [6.07, 6.45) is 2.59. The van der Waals surface area contributed by atoms with Gasteiger partial charge in [0.15, 0.2) is 0 Å². The second kappa shape index (κ2) is 8.66. The second-order valence-corrected chi connectivity index (χ2v) is 4.34. The van der Waals surface area contributed by atoms with Crippen LogP contribution in [0, 0.1) is 0 Å². The Hall–Kier alpha value is -1.39. The van der Waals surface area contributed by atoms with Gasteiger partial charge in [0, 0.05) is 6.54 Å². The predicted octanol–water partition coefficient (Wildman–Crippen LogP) is 1.62. The summed E-state index contributed by atoms with van der Waals surface area (Å²) in [6, 6.07) is 9.83. The van der Waals surface area contributed by atoms with Crippen molar-refractivity contribution in [1.82, 2.24) is 10.6 Å². The lowest BCUT2D eigenvalue weighted by atomic mass is 10.1. The van der Waals surface area contributed by atoms with E-state index in [1.54, 1.807) is 7.05 Å². The highest BCUT2D eigenvalue weighted by molar-refractivity contribution is 5.73. The second-order valence-electron chi connectivity index (χ2n) is 4.34. The molecule has 18 heavy (non-hydrogen) atoms. The summed E-state index contributed by atoms with van der Waals surface area (Å²) in [7, 11) is 1.69. The largest absolute Gasteiger partial charge is 0.480 e. The zero-order valence-corrected chi connectivity index (χ0v) is 10.9. The Balaban J connectivity index is 2.04. The van der Waals surface area contributed by atoms with E-state index in [4.69, 9.17) is 5.11 Å². The van der Waals surface area contributed by atoms with Gasteiger partial charge in [-0.2, -0.15) is 0 Å². The van der Waals surface area contributed by atoms with Crippen molar-refractivity contribution in [3.05, 3.63) is 35.9 Å². The summed E-state index contributed by atoms with van der Waals surface area (Å²) < 4.78 is 0. The molecule has 1 aromatic carbocycles. The van der Waals surface area contributed by atoms with Crippen molar-refractivity contribution in [3.8, 4) is 0 Å². The van der Waals surface area contributed by atoms with E-state index in [9.17, 15) is 4.79 Å². The van der Waals surface area contributed by atoms with Crippen molar-refractivity contribution in [2.75, 3.05) is 13.6 Å². The quantitative estimate of drug-likeness (QED) is 0.583. The van der Waals surface area contributed by atoms with Gasteiger partial charge in [0.25, 0.3) is 0 Å². The van der Waals surface area contributed by atoms with Gasteiger partial charge in [-0.1, -0.05) is 36.8 Å². The predicted molar refractivity (Wildman–Crippen MR) is 72.5 cm³/mol. The maximum atomic E-state index is 10.8. The molecule has 0 aliphatic rings. The molecule has 1 rings (SSSR count). The molecule has 4 nitrogen and oxygen atoms in total. The van der Waals surface area contributed by atoms with Crippen molar-refractivity contribution in [2.45, 2.75) is 31.8 Å². The molecule has 0 bridgehead atoms. The average Bonchev–Trinajstić information content (AvgIpc) is 2.38. The van der Waals surface area contributed by atoms with Crippen molar-refractivity contribution in [3.63, 3.8) is 0 Å². The first-order valence-corrected chi connectivity index (χ1v) is 6.38. The van der Waals surface area contributed by atoms with Crippen LogP contribution in [0.15, 0.2) is 30.3 Å². The highest BCUT2D eigenvalue weighted by Crippen LogP contribution is 2.01. The van der Waals surface area contributed by atoms with Gasteiger partial charge in [0.05, 0.1) is 0 Å². The summed E-state index contributed by atoms with van der Waals surface area (Å²) >= 11 is 0. The molecule has 0 amide bonds. The summed E-state index contributed by atoms with van der Waals surface area (Å²) in [6.45, 7) is 1.79. The molecule has 0 heterocycles. The van der Waals surface area contributed by atoms with Crippen LogP contribution in [-0.4, -0.2) is 30.7 Å². The smallest absolute Gasteiger partial charge is 0.320 e. The minimum absolute atomic E-state index is 0.417. The Morgan fingerprint density at radius 3 is 2.61 bits per heavy atom. The number of carboxylic acids is 1. The zero-order valence-electron chi connectivity index (χ0n) is 10.9. The van der Waals surface area contributed by atoms with Crippen LogP contribution in [0.3, 0.4) is 0 Å². The number of benzene rings is 1. The molecule has 0 fully saturated rings. The highest BCUT2D eigenvalue weighted by atomic mass is 16.4. The average molecular weight is 250 g/mol. The minimum Gasteiger partial charge on any atom is -0.480 e. The summed E-state index contributed by atoms with van der Waals surface area (Å²) in [5.41, 5.74) is 1.27. The number of carbonyl (C=O) groups is 1. The molecule has 0 aliphatic carbocycles. The molecule has 100 valence electrons. The van der Waals surface area contributed by atoms with Crippen LogP contribution < -0.4 is 10.6 Å². The summed E-state index contributed by atoms with van der Waals surface area (Å²) in [5, 5.41) is 15.0. The number of hydrogen-bond donors (Lipinski definition) is 3. The number of hydrogen-bond acceptors (Lipinski definition) is 3. The van der Waals surface area contributed by atoms with Gasteiger partial charge in [-0.25, -0.2) is 0 Å². The van der Waals surface area contributed by atoms with Gasteiger partial charge in [0.1, 0.15) is 6.04 Å². The van der Waals surface area contributed by atoms with Gasteiger partial charge in [-0.15, -0.1) is 0 Å². The van der Waals surface area contributed by atoms with Gasteiger partial charge < -0.3 is 15.7 Å². The summed E-state index contributed by atoms with van der Waals surface area (Å²) in [4.78, 5) is 10.8. The van der Waals surface area contributed by atoms with Crippen LogP contribution >= 0.6 is 0 Å². The molecule has 0 spiro atoms. The van der Waals surface area contributed by atoms with E-state index >= 15 is 0 Å². The number of nitrogens with one attached hydrogen (secondary N) is 2. The minimum atomic E-state index is -0.769. The topological polar surface area (TPSA) is 61.4 Å². The monoisotopic (exact) mass is 250 g/mol. The van der Waals surface area contributed by atoms with Gasteiger partial charge >= 0.3 is 5.97 Å². The molecule has 4 heteroatoms. The third kappa shape index (κ3) is 5.80. The summed E-state index contributed by atoms with van der Waals surface area (Å²) in [5.74, 6) is -0.769. The Kier molecular flexibility index (Phi) is 7.06. The third-order valence-corrected chi connectivity index (χ3v) is 2.91. The Labute approximate surface area is 108 Å². The van der Waals surface area contributed by atoms with Crippen LogP contribution in [-0.2, 0) is 11.3 Å². The van der Waals surface area contributed by atoms with Crippen LogP contribution in [0.4, 0.5) is 0 Å². The number of aliphatic carboxylic acids is 1. The van der Waals surface area contributed by atoms with Crippen LogP contribution in [0.25, 0.3) is 0 Å². The van der Waals surface area contributed by atoms with E-state index in [2.05, 4.69) is 22.8 Å². The van der Waals surface area contributed by atoms with E-state index in [0.29, 0.717) is 6.42 Å². The van der Waals surface area contributed by atoms with Gasteiger partial charge in [-0.05, 0) is 32.0 Å². The van der Waals surface area contributed by atoms with E-state index < -0.39 is 12.0 Å². The fraction of sp³-hybridized carbons (Fsp3) is 0.500. The molecule has 0 saturated heterocycles. The van der Waals surface area contributed by atoms with Crippen molar-refractivity contribution < 1.29 is 9.90 Å². The fourth-order valence-electron chi connectivity index (χ4n) is 1.82. The molecule has 1 aromatic rings. The molecule has 3 N–H and O–H groups in total. The first-order valence-electron chi connectivity index (χ1n) is 6.38. The molecule has 0 aliphatic heterocycles. The molecule has 0 unspecified atom stereocenters. The zero-order chi connectivity index (χ0) is 13.2.